The van der Waals surface area contributed by atoms with E-state index < -0.39 is 0 Å². The van der Waals surface area contributed by atoms with Gasteiger partial charge in [0.2, 0.25) is 5.16 Å². The van der Waals surface area contributed by atoms with E-state index in [2.05, 4.69) is 25.7 Å². The Morgan fingerprint density at radius 1 is 1.33 bits per heavy atom. The van der Waals surface area contributed by atoms with E-state index in [-0.39, 0.29) is 11.9 Å². The van der Waals surface area contributed by atoms with Crippen LogP contribution in [0.1, 0.15) is 33.7 Å². The number of benzene rings is 1. The molecule has 2 aromatic heterocycles. The van der Waals surface area contributed by atoms with Gasteiger partial charge < -0.3 is 10.6 Å². The molecule has 27 heavy (non-hydrogen) atoms. The minimum Gasteiger partial charge on any atom is -0.348 e. The number of aromatic nitrogens is 4. The molecule has 3 aromatic rings. The SMILES string of the molecule is Cc1cc(C)n2nc(SCc3ccccc3C(=O)NC3CCNC3)nc2n1. The van der Waals surface area contributed by atoms with E-state index in [4.69, 9.17) is 0 Å². The number of carbonyl (C=O) groups is 1. The fourth-order valence-electron chi connectivity index (χ4n) is 3.26. The average molecular weight is 382 g/mol. The normalized spacial score (nSPS) is 16.7. The summed E-state index contributed by atoms with van der Waals surface area (Å²) in [6.45, 7) is 5.72. The van der Waals surface area contributed by atoms with Gasteiger partial charge in [0.05, 0.1) is 0 Å². The van der Waals surface area contributed by atoms with Gasteiger partial charge in [-0.25, -0.2) is 9.50 Å². The molecule has 8 heteroatoms. The molecule has 1 atom stereocenters. The number of carbonyl (C=O) groups excluding carboxylic acids is 1. The molecule has 0 radical (unpaired) electrons. The van der Waals surface area contributed by atoms with Crippen LogP contribution in [0.5, 0.6) is 0 Å². The first-order valence-electron chi connectivity index (χ1n) is 9.03. The lowest BCUT2D eigenvalue weighted by atomic mass is 10.1. The number of aryl methyl sites for hydroxylation is 2. The highest BCUT2D eigenvalue weighted by molar-refractivity contribution is 7.98. The van der Waals surface area contributed by atoms with E-state index in [1.165, 1.54) is 11.8 Å². The fraction of sp³-hybridized carbons (Fsp3) is 0.368. The molecule has 1 amide bonds. The Morgan fingerprint density at radius 3 is 3.00 bits per heavy atom. The van der Waals surface area contributed by atoms with Gasteiger partial charge in [-0.2, -0.15) is 4.98 Å². The zero-order valence-electron chi connectivity index (χ0n) is 15.4. The molecule has 1 fully saturated rings. The summed E-state index contributed by atoms with van der Waals surface area (Å²) in [5.41, 5.74) is 3.62. The predicted octanol–water partition coefficient (Wildman–Crippen LogP) is 2.13. The number of fused-ring (bicyclic) bond motifs is 1. The summed E-state index contributed by atoms with van der Waals surface area (Å²) in [7, 11) is 0. The van der Waals surface area contributed by atoms with Crippen molar-refractivity contribution in [2.45, 2.75) is 37.2 Å². The van der Waals surface area contributed by atoms with Crippen molar-refractivity contribution in [3.05, 3.63) is 52.8 Å². The topological polar surface area (TPSA) is 84.2 Å². The number of rotatable bonds is 5. The van der Waals surface area contributed by atoms with E-state index in [1.807, 2.05) is 44.2 Å². The van der Waals surface area contributed by atoms with Crippen LogP contribution in [0.2, 0.25) is 0 Å². The summed E-state index contributed by atoms with van der Waals surface area (Å²) in [6, 6.07) is 9.90. The lowest BCUT2D eigenvalue weighted by Crippen LogP contribution is -2.36. The Kier molecular flexibility index (Phi) is 5.09. The van der Waals surface area contributed by atoms with Gasteiger partial charge in [0.15, 0.2) is 0 Å². The number of hydrogen-bond acceptors (Lipinski definition) is 6. The Labute approximate surface area is 162 Å². The van der Waals surface area contributed by atoms with Crippen LogP contribution in [0.3, 0.4) is 0 Å². The quantitative estimate of drug-likeness (QED) is 0.658. The molecule has 140 valence electrons. The van der Waals surface area contributed by atoms with Crippen molar-refractivity contribution in [2.24, 2.45) is 0 Å². The molecule has 1 aliphatic heterocycles. The molecule has 2 N–H and O–H groups in total. The predicted molar refractivity (Wildman–Crippen MR) is 105 cm³/mol. The van der Waals surface area contributed by atoms with Gasteiger partial charge in [-0.1, -0.05) is 30.0 Å². The van der Waals surface area contributed by atoms with Crippen LogP contribution in [-0.2, 0) is 5.75 Å². The largest absolute Gasteiger partial charge is 0.348 e. The second-order valence-corrected chi connectivity index (χ2v) is 7.70. The smallest absolute Gasteiger partial charge is 0.253 e. The summed E-state index contributed by atoms with van der Waals surface area (Å²) < 4.78 is 1.75. The summed E-state index contributed by atoms with van der Waals surface area (Å²) >= 11 is 1.51. The molecule has 0 aliphatic carbocycles. The third-order valence-electron chi connectivity index (χ3n) is 4.61. The van der Waals surface area contributed by atoms with E-state index in [0.717, 1.165) is 36.5 Å². The Morgan fingerprint density at radius 2 is 2.19 bits per heavy atom. The second-order valence-electron chi connectivity index (χ2n) is 6.75. The average Bonchev–Trinajstić information content (AvgIpc) is 3.29. The standard InChI is InChI=1S/C19H22N6OS/c1-12-9-13(2)25-18(21-12)23-19(24-25)27-11-14-5-3-4-6-16(14)17(26)22-15-7-8-20-10-15/h3-6,9,15,20H,7-8,10-11H2,1-2H3,(H,22,26). The first kappa shape index (κ1) is 17.9. The third kappa shape index (κ3) is 3.96. The molecule has 0 bridgehead atoms. The van der Waals surface area contributed by atoms with Gasteiger partial charge in [-0.05, 0) is 44.5 Å². The van der Waals surface area contributed by atoms with E-state index in [1.54, 1.807) is 4.52 Å². The molecule has 1 saturated heterocycles. The van der Waals surface area contributed by atoms with Crippen molar-refractivity contribution in [3.8, 4) is 0 Å². The van der Waals surface area contributed by atoms with Crippen LogP contribution in [-0.4, -0.2) is 44.6 Å². The molecule has 3 heterocycles. The van der Waals surface area contributed by atoms with Crippen LogP contribution in [0.4, 0.5) is 0 Å². The van der Waals surface area contributed by atoms with Gasteiger partial charge >= 0.3 is 0 Å². The van der Waals surface area contributed by atoms with Crippen LogP contribution in [0.25, 0.3) is 5.78 Å². The van der Waals surface area contributed by atoms with Crippen molar-refractivity contribution < 1.29 is 4.79 Å². The second kappa shape index (κ2) is 7.66. The Hall–Kier alpha value is -2.45. The van der Waals surface area contributed by atoms with Crippen molar-refractivity contribution in [3.63, 3.8) is 0 Å². The molecular weight excluding hydrogens is 360 g/mol. The van der Waals surface area contributed by atoms with Crippen molar-refractivity contribution in [1.82, 2.24) is 30.2 Å². The number of nitrogens with one attached hydrogen (secondary N) is 2. The highest BCUT2D eigenvalue weighted by atomic mass is 32.2. The zero-order valence-corrected chi connectivity index (χ0v) is 16.2. The number of thioether (sulfide) groups is 1. The number of nitrogens with zero attached hydrogens (tertiary/aromatic N) is 4. The van der Waals surface area contributed by atoms with Gasteiger partial charge in [0.1, 0.15) is 0 Å². The molecule has 4 rings (SSSR count). The molecule has 1 aliphatic rings. The highest BCUT2D eigenvalue weighted by Gasteiger charge is 2.19. The first-order chi connectivity index (χ1) is 13.1. The van der Waals surface area contributed by atoms with Crippen LogP contribution in [0, 0.1) is 13.8 Å². The monoisotopic (exact) mass is 382 g/mol. The maximum Gasteiger partial charge on any atom is 0.253 e. The fourth-order valence-corrected chi connectivity index (χ4v) is 4.08. The lowest BCUT2D eigenvalue weighted by Gasteiger charge is -2.13. The lowest BCUT2D eigenvalue weighted by molar-refractivity contribution is 0.0939. The van der Waals surface area contributed by atoms with Gasteiger partial charge in [-0.3, -0.25) is 4.79 Å². The molecule has 0 saturated carbocycles. The minimum atomic E-state index is -0.0176. The minimum absolute atomic E-state index is 0.0176. The van der Waals surface area contributed by atoms with Gasteiger partial charge in [0.25, 0.3) is 11.7 Å². The van der Waals surface area contributed by atoms with E-state index >= 15 is 0 Å². The third-order valence-corrected chi connectivity index (χ3v) is 5.50. The van der Waals surface area contributed by atoms with Gasteiger partial charge in [0, 0.05) is 35.3 Å². The molecule has 0 spiro atoms. The van der Waals surface area contributed by atoms with E-state index in [9.17, 15) is 4.79 Å². The van der Waals surface area contributed by atoms with Crippen LogP contribution < -0.4 is 10.6 Å². The van der Waals surface area contributed by atoms with Crippen molar-refractivity contribution in [2.75, 3.05) is 13.1 Å². The van der Waals surface area contributed by atoms with Crippen molar-refractivity contribution >= 4 is 23.4 Å². The first-order valence-corrected chi connectivity index (χ1v) is 10.0. The van der Waals surface area contributed by atoms with Crippen LogP contribution >= 0.6 is 11.8 Å². The highest BCUT2D eigenvalue weighted by Crippen LogP contribution is 2.23. The molecular formula is C19H22N6OS. The number of hydrogen-bond donors (Lipinski definition) is 2. The molecule has 7 nitrogen and oxygen atoms in total. The maximum atomic E-state index is 12.7. The summed E-state index contributed by atoms with van der Waals surface area (Å²) in [4.78, 5) is 21.6. The summed E-state index contributed by atoms with van der Waals surface area (Å²) in [5, 5.41) is 11.6. The van der Waals surface area contributed by atoms with Crippen LogP contribution in [0.15, 0.2) is 35.5 Å². The summed E-state index contributed by atoms with van der Waals surface area (Å²) in [5.74, 6) is 1.22. The summed E-state index contributed by atoms with van der Waals surface area (Å²) in [6.07, 6.45) is 0.972. The Bertz CT molecular complexity index is 979. The van der Waals surface area contributed by atoms with Crippen molar-refractivity contribution in [1.29, 1.82) is 0 Å². The zero-order chi connectivity index (χ0) is 18.8. The van der Waals surface area contributed by atoms with Gasteiger partial charge in [-0.15, -0.1) is 5.10 Å². The maximum absolute atomic E-state index is 12.7. The molecule has 1 unspecified atom stereocenters. The number of amides is 1. The molecule has 1 aromatic carbocycles. The Balaban J connectivity index is 1.50. The van der Waals surface area contributed by atoms with E-state index in [0.29, 0.717) is 22.3 Å².